The number of aryl methyl sites for hydroxylation is 1. The highest BCUT2D eigenvalue weighted by Gasteiger charge is 2.51. The summed E-state index contributed by atoms with van der Waals surface area (Å²) in [6.45, 7) is 7.43. The highest BCUT2D eigenvalue weighted by atomic mass is 16.7. The molecule has 0 radical (unpaired) electrons. The van der Waals surface area contributed by atoms with Crippen molar-refractivity contribution in [3.8, 4) is 11.5 Å². The van der Waals surface area contributed by atoms with Gasteiger partial charge in [-0.1, -0.05) is 26.8 Å². The number of hydrogen-bond acceptors (Lipinski definition) is 6. The van der Waals surface area contributed by atoms with Crippen molar-refractivity contribution in [2.75, 3.05) is 12.1 Å². The molecule has 2 fully saturated rings. The Bertz CT molecular complexity index is 1470. The van der Waals surface area contributed by atoms with Gasteiger partial charge < -0.3 is 29.6 Å². The fraction of sp³-hybridized carbons (Fsp3) is 0.500. The molecule has 0 saturated heterocycles. The largest absolute Gasteiger partial charge is 0.454 e. The van der Waals surface area contributed by atoms with Gasteiger partial charge in [-0.15, -0.1) is 0 Å². The lowest BCUT2D eigenvalue weighted by Gasteiger charge is -2.22. The molecule has 6 rings (SSSR count). The molecule has 3 aromatic rings. The Morgan fingerprint density at radius 3 is 2.45 bits per heavy atom. The van der Waals surface area contributed by atoms with Crippen molar-refractivity contribution < 1.29 is 32.1 Å². The van der Waals surface area contributed by atoms with Gasteiger partial charge in [-0.25, -0.2) is 0 Å². The van der Waals surface area contributed by atoms with Gasteiger partial charge in [-0.3, -0.25) is 9.59 Å². The molecule has 2 heterocycles. The SMILES string of the molecule is CC(C)(C)c1cc2cc(NC(=O)C3(c4ccc5c(c4)OCO5)CC3)ccc2n1CCCC(=O)C1C[C@@H](O)[C@@H](O)C1.[HH].[HH]. The number of ether oxygens (including phenoxy) is 2. The predicted octanol–water partition coefficient (Wildman–Crippen LogP) is 5.31. The van der Waals surface area contributed by atoms with E-state index < -0.39 is 17.6 Å². The number of carbonyl (C=O) groups is 2. The topological polar surface area (TPSA) is 110 Å². The van der Waals surface area contributed by atoms with E-state index in [1.54, 1.807) is 0 Å². The molecule has 0 bridgehead atoms. The highest BCUT2D eigenvalue weighted by Crippen LogP contribution is 2.51. The number of aromatic nitrogens is 1. The van der Waals surface area contributed by atoms with E-state index in [2.05, 4.69) is 36.7 Å². The zero-order valence-corrected chi connectivity index (χ0v) is 23.4. The van der Waals surface area contributed by atoms with Gasteiger partial charge in [0.05, 0.1) is 17.6 Å². The summed E-state index contributed by atoms with van der Waals surface area (Å²) in [5.74, 6) is 1.25. The van der Waals surface area contributed by atoms with E-state index in [-0.39, 0.29) is 32.7 Å². The Morgan fingerprint density at radius 2 is 1.75 bits per heavy atom. The van der Waals surface area contributed by atoms with Crippen LogP contribution in [0.2, 0.25) is 0 Å². The molecule has 1 unspecified atom stereocenters. The summed E-state index contributed by atoms with van der Waals surface area (Å²) < 4.78 is 13.2. The van der Waals surface area contributed by atoms with Crippen LogP contribution in [0.25, 0.3) is 10.9 Å². The summed E-state index contributed by atoms with van der Waals surface area (Å²) in [6, 6.07) is 14.0. The third-order valence-electron chi connectivity index (χ3n) is 8.79. The van der Waals surface area contributed by atoms with Crippen LogP contribution in [0.5, 0.6) is 11.5 Å². The Labute approximate surface area is 237 Å². The molecule has 3 atom stereocenters. The Hall–Kier alpha value is -3.36. The first-order valence-corrected chi connectivity index (χ1v) is 14.3. The molecular weight excluding hydrogens is 508 g/mol. The number of fused-ring (bicyclic) bond motifs is 2. The van der Waals surface area contributed by atoms with Crippen molar-refractivity contribution in [3.63, 3.8) is 0 Å². The molecule has 2 aliphatic carbocycles. The number of carbonyl (C=O) groups excluding carboxylic acids is 2. The number of nitrogens with zero attached hydrogens (tertiary/aromatic N) is 1. The number of nitrogens with one attached hydrogen (secondary N) is 1. The van der Waals surface area contributed by atoms with Crippen molar-refractivity contribution in [1.29, 1.82) is 0 Å². The first kappa shape index (κ1) is 26.8. The van der Waals surface area contributed by atoms with Gasteiger partial charge >= 0.3 is 0 Å². The first-order valence-electron chi connectivity index (χ1n) is 14.3. The molecule has 1 amide bonds. The van der Waals surface area contributed by atoms with Gasteiger partial charge in [0, 0.05) is 49.4 Å². The molecule has 3 N–H and O–H groups in total. The number of hydrogen-bond donors (Lipinski definition) is 3. The van der Waals surface area contributed by atoms with Crippen LogP contribution in [0.4, 0.5) is 5.69 Å². The first-order chi connectivity index (χ1) is 19.0. The zero-order chi connectivity index (χ0) is 28.2. The third-order valence-corrected chi connectivity index (χ3v) is 8.79. The van der Waals surface area contributed by atoms with Crippen LogP contribution in [0.1, 0.15) is 73.4 Å². The second-order valence-electron chi connectivity index (χ2n) is 12.7. The number of aliphatic hydroxyl groups is 2. The molecular formula is C32H42N2O6. The van der Waals surface area contributed by atoms with Crippen LogP contribution >= 0.6 is 0 Å². The normalized spacial score (nSPS) is 23.0. The van der Waals surface area contributed by atoms with Crippen molar-refractivity contribution in [3.05, 3.63) is 53.7 Å². The zero-order valence-electron chi connectivity index (χ0n) is 23.4. The number of Topliss-reactive ketones (excluding diaryl/α,β-unsaturated/α-hetero) is 1. The monoisotopic (exact) mass is 550 g/mol. The average molecular weight is 551 g/mol. The summed E-state index contributed by atoms with van der Waals surface area (Å²) in [7, 11) is 0. The van der Waals surface area contributed by atoms with Crippen molar-refractivity contribution in [2.24, 2.45) is 5.92 Å². The minimum absolute atomic E-state index is 0. The fourth-order valence-electron chi connectivity index (χ4n) is 6.30. The van der Waals surface area contributed by atoms with E-state index in [1.807, 2.05) is 36.4 Å². The van der Waals surface area contributed by atoms with Crippen molar-refractivity contribution >= 4 is 28.3 Å². The van der Waals surface area contributed by atoms with Gasteiger partial charge in [0.15, 0.2) is 11.5 Å². The van der Waals surface area contributed by atoms with E-state index in [4.69, 9.17) is 9.47 Å². The number of anilines is 1. The second-order valence-corrected chi connectivity index (χ2v) is 12.7. The standard InChI is InChI=1S/C32H38N2O6.2H2/c1-31(2,3)29-16-19-13-22(33-30(38)32(10-11-32)21-6-9-27-28(17-21)40-18-39-27)7-8-23(19)34(29)12-4-5-24(35)20-14-25(36)26(37)15-20;;/h6-9,13,16-17,20,25-26,36-37H,4-5,10-12,14-15,18H2,1-3H3,(H,33,38);2*1H/t20?,25-,26+;;. The van der Waals surface area contributed by atoms with Crippen LogP contribution in [0.3, 0.4) is 0 Å². The third kappa shape index (κ3) is 4.88. The maximum atomic E-state index is 13.5. The molecule has 8 nitrogen and oxygen atoms in total. The minimum atomic E-state index is -0.795. The molecule has 2 aromatic carbocycles. The van der Waals surface area contributed by atoms with Crippen LogP contribution in [-0.2, 0) is 27.0 Å². The van der Waals surface area contributed by atoms with E-state index in [0.717, 1.165) is 35.0 Å². The quantitative estimate of drug-likeness (QED) is 0.351. The molecule has 1 aliphatic heterocycles. The summed E-state index contributed by atoms with van der Waals surface area (Å²) in [5.41, 5.74) is 3.30. The number of amides is 1. The van der Waals surface area contributed by atoms with Crippen LogP contribution in [0.15, 0.2) is 42.5 Å². The summed E-state index contributed by atoms with van der Waals surface area (Å²) in [4.78, 5) is 26.2. The molecule has 0 spiro atoms. The molecule has 216 valence electrons. The second kappa shape index (κ2) is 9.93. The van der Waals surface area contributed by atoms with E-state index in [9.17, 15) is 19.8 Å². The van der Waals surface area contributed by atoms with Crippen LogP contribution < -0.4 is 14.8 Å². The minimum Gasteiger partial charge on any atom is -0.454 e. The molecule has 3 aliphatic rings. The Morgan fingerprint density at radius 1 is 1.02 bits per heavy atom. The van der Waals surface area contributed by atoms with E-state index in [0.29, 0.717) is 43.7 Å². The van der Waals surface area contributed by atoms with Gasteiger partial charge in [-0.2, -0.15) is 0 Å². The van der Waals surface area contributed by atoms with E-state index >= 15 is 0 Å². The fourth-order valence-corrected chi connectivity index (χ4v) is 6.30. The maximum absolute atomic E-state index is 13.5. The summed E-state index contributed by atoms with van der Waals surface area (Å²) >= 11 is 0. The predicted molar refractivity (Wildman–Crippen MR) is 156 cm³/mol. The van der Waals surface area contributed by atoms with Crippen LogP contribution in [0, 0.1) is 5.92 Å². The lowest BCUT2D eigenvalue weighted by molar-refractivity contribution is -0.123. The number of benzene rings is 2. The molecule has 1 aromatic heterocycles. The lowest BCUT2D eigenvalue weighted by Crippen LogP contribution is -2.27. The average Bonchev–Trinajstić information content (AvgIpc) is 3.26. The van der Waals surface area contributed by atoms with Crippen LogP contribution in [-0.4, -0.2) is 45.5 Å². The van der Waals surface area contributed by atoms with E-state index in [1.165, 1.54) is 5.69 Å². The summed E-state index contributed by atoms with van der Waals surface area (Å²) in [6.07, 6.45) is 1.81. The van der Waals surface area contributed by atoms with Gasteiger partial charge in [-0.05, 0) is 74.1 Å². The van der Waals surface area contributed by atoms with Crippen molar-refractivity contribution in [2.45, 2.75) is 88.9 Å². The molecule has 8 heteroatoms. The maximum Gasteiger partial charge on any atom is 0.235 e. The smallest absolute Gasteiger partial charge is 0.235 e. The number of ketones is 1. The number of rotatable bonds is 8. The number of aliphatic hydroxyl groups excluding tert-OH is 2. The Kier molecular flexibility index (Phi) is 6.66. The summed E-state index contributed by atoms with van der Waals surface area (Å²) in [5, 5.41) is 23.8. The van der Waals surface area contributed by atoms with Crippen molar-refractivity contribution in [1.82, 2.24) is 4.57 Å². The Balaban J connectivity index is 0.00000202. The van der Waals surface area contributed by atoms with Gasteiger partial charge in [0.2, 0.25) is 12.7 Å². The molecule has 2 saturated carbocycles. The lowest BCUT2D eigenvalue weighted by atomic mass is 9.92. The highest BCUT2D eigenvalue weighted by molar-refractivity contribution is 6.02. The van der Waals surface area contributed by atoms with Gasteiger partial charge in [0.25, 0.3) is 0 Å². The van der Waals surface area contributed by atoms with Gasteiger partial charge in [0.1, 0.15) is 5.78 Å². The molecule has 40 heavy (non-hydrogen) atoms.